The lowest BCUT2D eigenvalue weighted by atomic mass is 10.2. The highest BCUT2D eigenvalue weighted by atomic mass is 16.3. The first-order chi connectivity index (χ1) is 8.70. The number of nitrogens with two attached hydrogens (primary N) is 1. The summed E-state index contributed by atoms with van der Waals surface area (Å²) in [6.45, 7) is 13.6. The van der Waals surface area contributed by atoms with Gasteiger partial charge in [-0.15, -0.1) is 0 Å². The van der Waals surface area contributed by atoms with Gasteiger partial charge in [-0.1, -0.05) is 71.9 Å². The van der Waals surface area contributed by atoms with Gasteiger partial charge < -0.3 is 10.8 Å². The molecule has 0 aliphatic rings. The first kappa shape index (κ1) is 21.9. The summed E-state index contributed by atoms with van der Waals surface area (Å²) in [5, 5.41) is 9.42. The number of hydrogen-bond donors (Lipinski definition) is 2. The third-order valence-corrected chi connectivity index (χ3v) is 1.42. The Morgan fingerprint density at radius 3 is 1.78 bits per heavy atom. The van der Waals surface area contributed by atoms with Crippen LogP contribution in [0.15, 0.2) is 35.3 Å². The van der Waals surface area contributed by atoms with E-state index in [9.17, 15) is 5.11 Å². The van der Waals surface area contributed by atoms with Crippen LogP contribution < -0.4 is 5.73 Å². The molecule has 0 aromatic heterocycles. The molecule has 0 bridgehead atoms. The van der Waals surface area contributed by atoms with Gasteiger partial charge in [0.05, 0.1) is 5.84 Å². The molecule has 1 aromatic carbocycles. The lowest BCUT2D eigenvalue weighted by Gasteiger charge is -2.04. The van der Waals surface area contributed by atoms with Gasteiger partial charge in [-0.2, -0.15) is 0 Å². The number of amidine groups is 1. The number of rotatable bonds is 2. The van der Waals surface area contributed by atoms with E-state index in [1.807, 2.05) is 59.7 Å². The van der Waals surface area contributed by atoms with Crippen LogP contribution in [0.25, 0.3) is 0 Å². The van der Waals surface area contributed by atoms with Crippen molar-refractivity contribution in [2.45, 2.75) is 54.7 Å². The van der Waals surface area contributed by atoms with Crippen molar-refractivity contribution in [2.75, 3.05) is 0 Å². The maximum atomic E-state index is 9.42. The van der Waals surface area contributed by atoms with Crippen molar-refractivity contribution < 1.29 is 6.53 Å². The van der Waals surface area contributed by atoms with Crippen molar-refractivity contribution in [3.63, 3.8) is 0 Å². The fourth-order valence-electron chi connectivity index (χ4n) is 0.893. The Balaban J connectivity index is -0.000000142. The molecule has 3 N–H and O–H groups in total. The van der Waals surface area contributed by atoms with Crippen LogP contribution in [0.1, 0.15) is 61.7 Å². The molecule has 1 atom stereocenters. The third kappa shape index (κ3) is 12.7. The molecule has 0 aliphatic carbocycles. The van der Waals surface area contributed by atoms with Gasteiger partial charge in [-0.3, -0.25) is 0 Å². The molecule has 0 aliphatic heterocycles. The van der Waals surface area contributed by atoms with Crippen LogP contribution in [0.2, 0.25) is 0 Å². The molecule has 0 amide bonds. The lowest BCUT2D eigenvalue weighted by Crippen LogP contribution is -2.08. The largest absolute Gasteiger partial charge is 0.388 e. The lowest BCUT2D eigenvalue weighted by molar-refractivity contribution is 0.188. The van der Waals surface area contributed by atoms with Crippen LogP contribution >= 0.6 is 0 Å². The van der Waals surface area contributed by atoms with Crippen molar-refractivity contribution in [3.8, 4) is 0 Å². The maximum Gasteiger partial charge on any atom is 0.173 e. The van der Waals surface area contributed by atoms with Crippen LogP contribution in [0.3, 0.4) is 0 Å². The summed E-state index contributed by atoms with van der Waals surface area (Å²) in [5.74, 6) is 0.381. The third-order valence-electron chi connectivity index (χ3n) is 1.42. The highest BCUT2D eigenvalue weighted by Gasteiger charge is 2.02. The summed E-state index contributed by atoms with van der Waals surface area (Å²) in [6, 6.07) is 9.18. The fraction of sp³-hybridized carbons (Fsp3) is 0.533. The molecule has 0 radical (unpaired) electrons. The Kier molecular flexibility index (Phi) is 21.9. The Labute approximate surface area is 114 Å². The van der Waals surface area contributed by atoms with E-state index < -0.39 is 6.23 Å². The monoisotopic (exact) mass is 256 g/mol. The molecule has 0 saturated heterocycles. The van der Waals surface area contributed by atoms with E-state index in [2.05, 4.69) is 4.99 Å². The first-order valence-electron chi connectivity index (χ1n) is 6.73. The van der Waals surface area contributed by atoms with Gasteiger partial charge in [0.2, 0.25) is 0 Å². The van der Waals surface area contributed by atoms with Gasteiger partial charge >= 0.3 is 0 Å². The molecule has 3 heteroatoms. The van der Waals surface area contributed by atoms with Crippen molar-refractivity contribution >= 4 is 5.84 Å². The topological polar surface area (TPSA) is 58.6 Å². The number of benzene rings is 1. The van der Waals surface area contributed by atoms with E-state index in [-0.39, 0.29) is 1.43 Å². The van der Waals surface area contributed by atoms with Crippen molar-refractivity contribution in [1.29, 1.82) is 0 Å². The van der Waals surface area contributed by atoms with Crippen LogP contribution in [0, 0.1) is 0 Å². The smallest absolute Gasteiger partial charge is 0.173 e. The minimum absolute atomic E-state index is 0. The number of aliphatic imine (C=N–C) groups is 1. The van der Waals surface area contributed by atoms with E-state index in [1.54, 1.807) is 19.1 Å². The molecule has 0 spiro atoms. The molecule has 1 aromatic rings. The minimum atomic E-state index is -0.837. The average molecular weight is 256 g/mol. The Morgan fingerprint density at radius 2 is 1.44 bits per heavy atom. The predicted molar refractivity (Wildman–Crippen MR) is 84.9 cm³/mol. The molecule has 0 heterocycles. The van der Waals surface area contributed by atoms with Crippen molar-refractivity contribution in [1.82, 2.24) is 0 Å². The Hall–Kier alpha value is -1.35. The molecular formula is C15H32N2O. The number of hydrogen-bond acceptors (Lipinski definition) is 2. The second-order valence-corrected chi connectivity index (χ2v) is 2.55. The highest BCUT2D eigenvalue weighted by Crippen LogP contribution is 2.12. The Morgan fingerprint density at radius 1 is 1.06 bits per heavy atom. The fourth-order valence-corrected chi connectivity index (χ4v) is 0.893. The van der Waals surface area contributed by atoms with E-state index >= 15 is 0 Å². The first-order valence-corrected chi connectivity index (χ1v) is 6.73. The van der Waals surface area contributed by atoms with Gasteiger partial charge in [0.25, 0.3) is 0 Å². The molecule has 108 valence electrons. The van der Waals surface area contributed by atoms with Gasteiger partial charge in [-0.25, -0.2) is 4.99 Å². The zero-order valence-electron chi connectivity index (χ0n) is 12.9. The van der Waals surface area contributed by atoms with Crippen LogP contribution in [-0.4, -0.2) is 10.9 Å². The predicted octanol–water partition coefficient (Wildman–Crippen LogP) is 4.38. The molecule has 18 heavy (non-hydrogen) atoms. The normalized spacial score (nSPS) is 10.6. The van der Waals surface area contributed by atoms with Crippen LogP contribution in [0.5, 0.6) is 0 Å². The SMILES string of the molecule is C/C(N)=N/C(O)c1ccccc1.CC.CC.CC.[HH]. The van der Waals surface area contributed by atoms with E-state index in [0.29, 0.717) is 5.84 Å². The summed E-state index contributed by atoms with van der Waals surface area (Å²) < 4.78 is 0. The number of aliphatic hydroxyl groups excluding tert-OH is 1. The summed E-state index contributed by atoms with van der Waals surface area (Å²) in [4.78, 5) is 3.80. The van der Waals surface area contributed by atoms with Crippen molar-refractivity contribution in [3.05, 3.63) is 35.9 Å². The Bertz CT molecular complexity index is 273. The molecule has 3 nitrogen and oxygen atoms in total. The molecule has 1 unspecified atom stereocenters. The molecule has 1 rings (SSSR count). The zero-order chi connectivity index (χ0) is 15.0. The maximum absolute atomic E-state index is 9.42. The van der Waals surface area contributed by atoms with Gasteiger partial charge in [-0.05, 0) is 6.92 Å². The van der Waals surface area contributed by atoms with Crippen molar-refractivity contribution in [2.24, 2.45) is 10.7 Å². The second-order valence-electron chi connectivity index (χ2n) is 2.55. The summed E-state index contributed by atoms with van der Waals surface area (Å²) >= 11 is 0. The zero-order valence-corrected chi connectivity index (χ0v) is 12.9. The average Bonchev–Trinajstić information content (AvgIpc) is 2.46. The summed E-state index contributed by atoms with van der Waals surface area (Å²) in [7, 11) is 0. The summed E-state index contributed by atoms with van der Waals surface area (Å²) in [6.07, 6.45) is -0.837. The standard InChI is InChI=1S/C9H12N2O.3C2H6.H2/c1-7(10)11-9(12)8-5-3-2-4-6-8;3*1-2;/h2-6,9,12H,1H3,(H2,10,11);3*1-2H3;1H. The quantitative estimate of drug-likeness (QED) is 0.609. The van der Waals surface area contributed by atoms with Gasteiger partial charge in [0, 0.05) is 6.99 Å². The van der Waals surface area contributed by atoms with Gasteiger partial charge in [0.1, 0.15) is 0 Å². The van der Waals surface area contributed by atoms with Gasteiger partial charge in [0.15, 0.2) is 6.23 Å². The molecular weight excluding hydrogens is 224 g/mol. The second kappa shape index (κ2) is 18.0. The molecule has 0 saturated carbocycles. The van der Waals surface area contributed by atoms with E-state index in [0.717, 1.165) is 5.56 Å². The number of nitrogens with zero attached hydrogens (tertiary/aromatic N) is 1. The minimum Gasteiger partial charge on any atom is -0.388 e. The highest BCUT2D eigenvalue weighted by molar-refractivity contribution is 5.77. The van der Waals surface area contributed by atoms with E-state index in [4.69, 9.17) is 5.73 Å². The van der Waals surface area contributed by atoms with Crippen LogP contribution in [-0.2, 0) is 0 Å². The number of aliphatic hydroxyl groups is 1. The van der Waals surface area contributed by atoms with Crippen LogP contribution in [0.4, 0.5) is 0 Å². The molecule has 0 fully saturated rings. The van der Waals surface area contributed by atoms with E-state index in [1.165, 1.54) is 0 Å². The summed E-state index contributed by atoms with van der Waals surface area (Å²) in [5.41, 5.74) is 6.07.